The molecule has 1 heterocycles. The number of hydroxylamine groups is 2. The Bertz CT molecular complexity index is 766. The summed E-state index contributed by atoms with van der Waals surface area (Å²) in [5.41, 5.74) is 0.327. The minimum atomic E-state index is -3.66. The Labute approximate surface area is 155 Å². The summed E-state index contributed by atoms with van der Waals surface area (Å²) in [5, 5.41) is 1.12. The molecule has 0 fully saturated rings. The van der Waals surface area contributed by atoms with Crippen molar-refractivity contribution in [2.45, 2.75) is 57.3 Å². The Balaban J connectivity index is 2.00. The average Bonchev–Trinajstić information content (AvgIpc) is 2.53. The summed E-state index contributed by atoms with van der Waals surface area (Å²) < 4.78 is 32.5. The number of nitrogens with zero attached hydrogens (tertiary/aromatic N) is 1. The van der Waals surface area contributed by atoms with Crippen molar-refractivity contribution in [3.8, 4) is 0 Å². The number of benzene rings is 1. The van der Waals surface area contributed by atoms with Crippen LogP contribution in [0, 0.1) is 6.92 Å². The Kier molecular flexibility index (Phi) is 6.10. The molecule has 8 heteroatoms. The van der Waals surface area contributed by atoms with Crippen LogP contribution in [0.1, 0.15) is 33.3 Å². The van der Waals surface area contributed by atoms with Gasteiger partial charge in [0.2, 0.25) is 10.0 Å². The number of carbonyl (C=O) groups is 1. The Morgan fingerprint density at radius 2 is 1.85 bits per heavy atom. The second-order valence-corrected chi connectivity index (χ2v) is 9.01. The van der Waals surface area contributed by atoms with E-state index < -0.39 is 27.8 Å². The summed E-state index contributed by atoms with van der Waals surface area (Å²) in [4.78, 5) is 18.0. The minimum absolute atomic E-state index is 0.00126. The van der Waals surface area contributed by atoms with Gasteiger partial charge in [0.25, 0.3) is 0 Å². The second kappa shape index (κ2) is 7.77. The van der Waals surface area contributed by atoms with Gasteiger partial charge in [-0.25, -0.2) is 17.9 Å². The third kappa shape index (κ3) is 5.55. The molecule has 0 aromatic heterocycles. The third-order valence-electron chi connectivity index (χ3n) is 3.60. The highest BCUT2D eigenvalue weighted by Crippen LogP contribution is 2.18. The first-order valence-electron chi connectivity index (χ1n) is 8.41. The van der Waals surface area contributed by atoms with Crippen LogP contribution in [0.5, 0.6) is 0 Å². The van der Waals surface area contributed by atoms with Crippen LogP contribution in [0.15, 0.2) is 41.3 Å². The van der Waals surface area contributed by atoms with Gasteiger partial charge in [0, 0.05) is 6.54 Å². The molecule has 0 saturated carbocycles. The number of amides is 1. The molecule has 1 aliphatic rings. The lowest BCUT2D eigenvalue weighted by Crippen LogP contribution is -2.47. The second-order valence-electron chi connectivity index (χ2n) is 7.24. The fourth-order valence-electron chi connectivity index (χ4n) is 2.25. The molecule has 1 aliphatic heterocycles. The zero-order valence-corrected chi connectivity index (χ0v) is 16.5. The number of aryl methyl sites for hydroxylation is 1. The van der Waals surface area contributed by atoms with Gasteiger partial charge in [-0.1, -0.05) is 29.8 Å². The van der Waals surface area contributed by atoms with E-state index in [9.17, 15) is 13.2 Å². The number of hydrogen-bond donors (Lipinski definition) is 1. The standard InChI is InChI=1S/C18H26N2O5S/c1-13-6-10-16(11-7-13)26(22,23)19-12-15-9-8-14(2)20(25-15)17(21)24-18(3,4)5/h6-11,14-15,19H,12H2,1-5H3/t14-,15-/m1/s1. The van der Waals surface area contributed by atoms with E-state index in [4.69, 9.17) is 9.57 Å². The number of ether oxygens (including phenoxy) is 1. The maximum Gasteiger partial charge on any atom is 0.435 e. The van der Waals surface area contributed by atoms with E-state index in [1.54, 1.807) is 64.1 Å². The molecule has 2 rings (SSSR count). The third-order valence-corrected chi connectivity index (χ3v) is 5.04. The smallest absolute Gasteiger partial charge is 0.435 e. The largest absolute Gasteiger partial charge is 0.442 e. The van der Waals surface area contributed by atoms with Crippen LogP contribution in [0.25, 0.3) is 0 Å². The van der Waals surface area contributed by atoms with E-state index in [0.717, 1.165) is 10.6 Å². The van der Waals surface area contributed by atoms with Crippen molar-refractivity contribution in [2.75, 3.05) is 6.54 Å². The molecule has 1 aromatic carbocycles. The van der Waals surface area contributed by atoms with Gasteiger partial charge in [-0.3, -0.25) is 4.84 Å². The highest BCUT2D eigenvalue weighted by atomic mass is 32.2. The van der Waals surface area contributed by atoms with Gasteiger partial charge in [0.15, 0.2) is 0 Å². The van der Waals surface area contributed by atoms with E-state index in [1.165, 1.54) is 0 Å². The van der Waals surface area contributed by atoms with Crippen molar-refractivity contribution in [3.63, 3.8) is 0 Å². The molecular formula is C18H26N2O5S. The zero-order chi connectivity index (χ0) is 19.5. The van der Waals surface area contributed by atoms with Crippen molar-refractivity contribution in [3.05, 3.63) is 42.0 Å². The van der Waals surface area contributed by atoms with Crippen LogP contribution in [0.4, 0.5) is 4.79 Å². The molecule has 0 radical (unpaired) electrons. The van der Waals surface area contributed by atoms with Crippen LogP contribution in [0.2, 0.25) is 0 Å². The molecular weight excluding hydrogens is 356 g/mol. The zero-order valence-electron chi connectivity index (χ0n) is 15.7. The first-order chi connectivity index (χ1) is 12.0. The van der Waals surface area contributed by atoms with Crippen molar-refractivity contribution in [1.29, 1.82) is 0 Å². The van der Waals surface area contributed by atoms with Crippen molar-refractivity contribution in [1.82, 2.24) is 9.79 Å². The number of nitrogens with one attached hydrogen (secondary N) is 1. The van der Waals surface area contributed by atoms with Crippen molar-refractivity contribution < 1.29 is 22.8 Å². The van der Waals surface area contributed by atoms with Gasteiger partial charge in [-0.15, -0.1) is 0 Å². The summed E-state index contributed by atoms with van der Waals surface area (Å²) in [6.45, 7) is 8.97. The predicted octanol–water partition coefficient (Wildman–Crippen LogP) is 2.77. The molecule has 0 unspecified atom stereocenters. The summed E-state index contributed by atoms with van der Waals surface area (Å²) in [6.07, 6.45) is 2.28. The number of carbonyl (C=O) groups excluding carboxylic acids is 1. The maximum absolute atomic E-state index is 12.4. The Morgan fingerprint density at radius 3 is 2.42 bits per heavy atom. The lowest BCUT2D eigenvalue weighted by molar-refractivity contribution is -0.185. The first kappa shape index (κ1) is 20.4. The van der Waals surface area contributed by atoms with Crippen molar-refractivity contribution >= 4 is 16.1 Å². The summed E-state index contributed by atoms with van der Waals surface area (Å²) >= 11 is 0. The molecule has 1 amide bonds. The molecule has 26 heavy (non-hydrogen) atoms. The topological polar surface area (TPSA) is 84.9 Å². The monoisotopic (exact) mass is 382 g/mol. The average molecular weight is 382 g/mol. The fraction of sp³-hybridized carbons (Fsp3) is 0.500. The number of sulfonamides is 1. The van der Waals surface area contributed by atoms with Crippen LogP contribution in [-0.2, 0) is 19.6 Å². The first-order valence-corrected chi connectivity index (χ1v) is 9.90. The van der Waals surface area contributed by atoms with Gasteiger partial charge in [0.1, 0.15) is 11.7 Å². The maximum atomic E-state index is 12.4. The molecule has 0 bridgehead atoms. The van der Waals surface area contributed by atoms with E-state index in [1.807, 2.05) is 6.92 Å². The van der Waals surface area contributed by atoms with Gasteiger partial charge < -0.3 is 4.74 Å². The molecule has 0 saturated heterocycles. The van der Waals surface area contributed by atoms with Crippen LogP contribution >= 0.6 is 0 Å². The highest BCUT2D eigenvalue weighted by molar-refractivity contribution is 7.89. The lowest BCUT2D eigenvalue weighted by Gasteiger charge is -2.34. The molecule has 0 spiro atoms. The summed E-state index contributed by atoms with van der Waals surface area (Å²) in [5.74, 6) is 0. The quantitative estimate of drug-likeness (QED) is 0.810. The molecule has 144 valence electrons. The fourth-order valence-corrected chi connectivity index (χ4v) is 3.30. The molecule has 1 N–H and O–H groups in total. The minimum Gasteiger partial charge on any atom is -0.442 e. The van der Waals surface area contributed by atoms with Gasteiger partial charge >= 0.3 is 6.09 Å². The highest BCUT2D eigenvalue weighted by Gasteiger charge is 2.31. The molecule has 2 atom stereocenters. The number of rotatable bonds is 4. The van der Waals surface area contributed by atoms with E-state index in [2.05, 4.69) is 4.72 Å². The Hall–Kier alpha value is -1.90. The summed E-state index contributed by atoms with van der Waals surface area (Å²) in [6, 6.07) is 6.25. The Morgan fingerprint density at radius 1 is 1.23 bits per heavy atom. The van der Waals surface area contributed by atoms with Crippen LogP contribution in [-0.4, -0.2) is 43.9 Å². The van der Waals surface area contributed by atoms with E-state index in [-0.39, 0.29) is 17.5 Å². The lowest BCUT2D eigenvalue weighted by atomic mass is 10.2. The van der Waals surface area contributed by atoms with Crippen LogP contribution in [0.3, 0.4) is 0 Å². The molecule has 7 nitrogen and oxygen atoms in total. The SMILES string of the molecule is Cc1ccc(S(=O)(=O)NC[C@H]2C=C[C@@H](C)N(C(=O)OC(C)(C)C)O2)cc1. The van der Waals surface area contributed by atoms with E-state index >= 15 is 0 Å². The summed E-state index contributed by atoms with van der Waals surface area (Å²) in [7, 11) is -3.66. The van der Waals surface area contributed by atoms with Crippen molar-refractivity contribution in [2.24, 2.45) is 0 Å². The van der Waals surface area contributed by atoms with Gasteiger partial charge in [-0.05, 0) is 46.8 Å². The normalized spacial score (nSPS) is 20.9. The van der Waals surface area contributed by atoms with Gasteiger partial charge in [0.05, 0.1) is 10.9 Å². The van der Waals surface area contributed by atoms with E-state index in [0.29, 0.717) is 0 Å². The van der Waals surface area contributed by atoms with Gasteiger partial charge in [-0.2, -0.15) is 5.06 Å². The molecule has 0 aliphatic carbocycles. The predicted molar refractivity (Wildman–Crippen MR) is 97.9 cm³/mol. The molecule has 1 aromatic rings. The number of hydrogen-bond acceptors (Lipinski definition) is 5. The van der Waals surface area contributed by atoms with Crippen LogP contribution < -0.4 is 4.72 Å².